The molecule has 1 saturated carbocycles. The highest BCUT2D eigenvalue weighted by atomic mass is 32.2. The molecule has 2 N–H and O–H groups in total. The highest BCUT2D eigenvalue weighted by Gasteiger charge is 2.36. The van der Waals surface area contributed by atoms with Gasteiger partial charge in [-0.25, -0.2) is 13.1 Å². The van der Waals surface area contributed by atoms with Gasteiger partial charge >= 0.3 is 0 Å². The van der Waals surface area contributed by atoms with Crippen molar-refractivity contribution in [2.45, 2.75) is 64.3 Å². The summed E-state index contributed by atoms with van der Waals surface area (Å²) >= 11 is 0. The maximum atomic E-state index is 12.9. The molecule has 6 nitrogen and oxygen atoms in total. The number of hydrogen-bond donors (Lipinski definition) is 2. The first-order valence-corrected chi connectivity index (χ1v) is 11.8. The van der Waals surface area contributed by atoms with Crippen LogP contribution < -0.4 is 9.73 Å². The lowest BCUT2D eigenvalue weighted by Gasteiger charge is -2.19. The number of hydrogen-bond acceptors (Lipinski definition) is 4. The first-order chi connectivity index (χ1) is 12.9. The summed E-state index contributed by atoms with van der Waals surface area (Å²) in [6.07, 6.45) is 4.12. The van der Waals surface area contributed by atoms with Crippen LogP contribution in [0.3, 0.4) is 0 Å². The molecule has 1 fully saturated rings. The molecule has 1 atom stereocenters. The Bertz CT molecular complexity index is 794. The summed E-state index contributed by atoms with van der Waals surface area (Å²) in [5, 5.41) is 6.06. The van der Waals surface area contributed by atoms with Crippen LogP contribution in [0.25, 0.3) is 0 Å². The van der Waals surface area contributed by atoms with E-state index >= 15 is 0 Å². The average Bonchev–Trinajstić information content (AvgIpc) is 3.42. The lowest BCUT2D eigenvalue weighted by Crippen LogP contribution is -3.02. The van der Waals surface area contributed by atoms with Crippen molar-refractivity contribution in [2.24, 2.45) is 11.0 Å². The largest absolute Gasteiger partial charge is 0.352 e. The summed E-state index contributed by atoms with van der Waals surface area (Å²) < 4.78 is 28.6. The minimum atomic E-state index is -3.53. The summed E-state index contributed by atoms with van der Waals surface area (Å²) in [7, 11) is -3.53. The molecule has 0 aromatic heterocycles. The van der Waals surface area contributed by atoms with E-state index in [9.17, 15) is 8.42 Å². The molecular formula is C20H33N4O2S+. The summed E-state index contributed by atoms with van der Waals surface area (Å²) in [5.41, 5.74) is 2.06. The number of quaternary nitrogens is 1. The van der Waals surface area contributed by atoms with Crippen LogP contribution >= 0.6 is 0 Å². The predicted molar refractivity (Wildman–Crippen MR) is 109 cm³/mol. The van der Waals surface area contributed by atoms with Gasteiger partial charge < -0.3 is 4.90 Å². The standard InChI is InChI=1S/C20H32N4O2S/c1-5-16(6-2)22-27(25,26)17-11-12-19-18(13-17)20(23(7-3)8-4)21-24(19)14-15-9-10-15/h11-13,15-16,22H,5-10,14H2,1-4H3/p+1. The van der Waals surface area contributed by atoms with E-state index in [2.05, 4.69) is 23.5 Å². The van der Waals surface area contributed by atoms with Crippen molar-refractivity contribution < 1.29 is 13.4 Å². The number of sulfonamides is 1. The van der Waals surface area contributed by atoms with Gasteiger partial charge in [0, 0.05) is 31.1 Å². The maximum absolute atomic E-state index is 12.9. The fourth-order valence-corrected chi connectivity index (χ4v) is 5.06. The van der Waals surface area contributed by atoms with Crippen LogP contribution in [0.2, 0.25) is 0 Å². The van der Waals surface area contributed by atoms with E-state index in [1.807, 2.05) is 26.0 Å². The zero-order valence-corrected chi connectivity index (χ0v) is 17.8. The van der Waals surface area contributed by atoms with Crippen LogP contribution in [-0.4, -0.2) is 44.8 Å². The van der Waals surface area contributed by atoms with E-state index in [-0.39, 0.29) is 6.04 Å². The van der Waals surface area contributed by atoms with Crippen LogP contribution in [-0.2, 0) is 10.0 Å². The van der Waals surface area contributed by atoms with Gasteiger partial charge in [0.25, 0.3) is 0 Å². The van der Waals surface area contributed by atoms with Gasteiger partial charge in [0.1, 0.15) is 6.54 Å². The topological polar surface area (TPSA) is 66.2 Å². The third kappa shape index (κ3) is 4.36. The molecule has 1 aromatic rings. The van der Waals surface area contributed by atoms with E-state index in [0.29, 0.717) is 4.90 Å². The lowest BCUT2D eigenvalue weighted by atomic mass is 10.1. The summed E-state index contributed by atoms with van der Waals surface area (Å²) in [6, 6.07) is 5.47. The number of amidine groups is 1. The highest BCUT2D eigenvalue weighted by Crippen LogP contribution is 2.29. The van der Waals surface area contributed by atoms with Crippen molar-refractivity contribution in [3.05, 3.63) is 23.8 Å². The Morgan fingerprint density at radius 2 is 1.85 bits per heavy atom. The van der Waals surface area contributed by atoms with Crippen molar-refractivity contribution in [3.8, 4) is 0 Å². The monoisotopic (exact) mass is 393 g/mol. The molecular weight excluding hydrogens is 360 g/mol. The zero-order chi connectivity index (χ0) is 19.6. The van der Waals surface area contributed by atoms with E-state index in [1.165, 1.54) is 12.8 Å². The van der Waals surface area contributed by atoms with Crippen LogP contribution in [0.4, 0.5) is 5.69 Å². The van der Waals surface area contributed by atoms with Gasteiger partial charge in [-0.15, -0.1) is 0 Å². The minimum Gasteiger partial charge on any atom is -0.352 e. The van der Waals surface area contributed by atoms with E-state index in [0.717, 1.165) is 60.5 Å². The van der Waals surface area contributed by atoms with Gasteiger partial charge in [-0.05, 0) is 51.7 Å². The molecule has 2 aliphatic rings. The second-order valence-corrected chi connectivity index (χ2v) is 9.26. The Balaban J connectivity index is 1.96. The van der Waals surface area contributed by atoms with Crippen LogP contribution in [0, 0.1) is 5.92 Å². The number of nitrogens with one attached hydrogen (secondary N) is 2. The van der Waals surface area contributed by atoms with E-state index in [1.54, 1.807) is 6.07 Å². The molecule has 7 heteroatoms. The summed E-state index contributed by atoms with van der Waals surface area (Å²) in [6.45, 7) is 10.9. The van der Waals surface area contributed by atoms with E-state index in [4.69, 9.17) is 5.10 Å². The van der Waals surface area contributed by atoms with Crippen molar-refractivity contribution in [1.82, 2.24) is 9.62 Å². The summed E-state index contributed by atoms with van der Waals surface area (Å²) in [4.78, 5) is 2.55. The van der Waals surface area contributed by atoms with Gasteiger partial charge in [0.15, 0.2) is 11.5 Å². The number of benzene rings is 1. The van der Waals surface area contributed by atoms with Gasteiger partial charge in [-0.1, -0.05) is 18.9 Å². The van der Waals surface area contributed by atoms with Gasteiger partial charge in [-0.3, -0.25) is 0 Å². The Kier molecular flexibility index (Phi) is 6.23. The van der Waals surface area contributed by atoms with E-state index < -0.39 is 10.0 Å². The zero-order valence-electron chi connectivity index (χ0n) is 17.0. The molecule has 0 bridgehead atoms. The average molecular weight is 394 g/mol. The maximum Gasteiger partial charge on any atom is 0.240 e. The van der Waals surface area contributed by atoms with Crippen molar-refractivity contribution >= 4 is 21.5 Å². The Hall–Kier alpha value is -1.44. The second kappa shape index (κ2) is 8.29. The molecule has 0 amide bonds. The SMILES string of the molecule is CCC(CC)NS(=O)(=O)c1ccc2c(c1)C(N(CC)CC)=N[NH+]2CC1CC1. The molecule has 1 aliphatic carbocycles. The fourth-order valence-electron chi connectivity index (χ4n) is 3.63. The third-order valence-electron chi connectivity index (χ3n) is 5.64. The van der Waals surface area contributed by atoms with Crippen LogP contribution in [0.1, 0.15) is 58.9 Å². The highest BCUT2D eigenvalue weighted by molar-refractivity contribution is 7.89. The van der Waals surface area contributed by atoms with Crippen LogP contribution in [0.15, 0.2) is 28.2 Å². The van der Waals surface area contributed by atoms with Gasteiger partial charge in [0.05, 0.1) is 10.5 Å². The lowest BCUT2D eigenvalue weighted by molar-refractivity contribution is -0.839. The molecule has 150 valence electrons. The van der Waals surface area contributed by atoms with Crippen LogP contribution in [0.5, 0.6) is 0 Å². The van der Waals surface area contributed by atoms with Crippen molar-refractivity contribution in [3.63, 3.8) is 0 Å². The normalized spacial score (nSPS) is 19.3. The van der Waals surface area contributed by atoms with Gasteiger partial charge in [-0.2, -0.15) is 5.01 Å². The Labute approximate surface area is 163 Å². The predicted octanol–water partition coefficient (Wildman–Crippen LogP) is 2.10. The first kappa shape index (κ1) is 20.3. The molecule has 3 rings (SSSR count). The molecule has 0 radical (unpaired) electrons. The first-order valence-electron chi connectivity index (χ1n) is 10.3. The fraction of sp³-hybridized carbons (Fsp3) is 0.650. The molecule has 1 heterocycles. The minimum absolute atomic E-state index is 0.0313. The van der Waals surface area contributed by atoms with Crippen molar-refractivity contribution in [2.75, 3.05) is 19.6 Å². The molecule has 27 heavy (non-hydrogen) atoms. The quantitative estimate of drug-likeness (QED) is 0.675. The summed E-state index contributed by atoms with van der Waals surface area (Å²) in [5.74, 6) is 1.66. The Morgan fingerprint density at radius 3 is 2.41 bits per heavy atom. The third-order valence-corrected chi connectivity index (χ3v) is 7.16. The number of rotatable bonds is 9. The molecule has 0 spiro atoms. The molecule has 1 aromatic carbocycles. The second-order valence-electron chi connectivity index (χ2n) is 7.54. The van der Waals surface area contributed by atoms with Gasteiger partial charge in [0.2, 0.25) is 10.0 Å². The van der Waals surface area contributed by atoms with Crippen molar-refractivity contribution in [1.29, 1.82) is 0 Å². The molecule has 1 aliphatic heterocycles. The Morgan fingerprint density at radius 1 is 1.19 bits per heavy atom. The number of fused-ring (bicyclic) bond motifs is 1. The smallest absolute Gasteiger partial charge is 0.240 e. The number of nitrogens with zero attached hydrogens (tertiary/aromatic N) is 2. The molecule has 0 saturated heterocycles. The molecule has 1 unspecified atom stereocenters.